The van der Waals surface area contributed by atoms with Gasteiger partial charge >= 0.3 is 0 Å². The maximum atomic E-state index is 12.4. The minimum atomic E-state index is 0.0147. The van der Waals surface area contributed by atoms with E-state index in [0.29, 0.717) is 6.42 Å². The highest BCUT2D eigenvalue weighted by molar-refractivity contribution is 9.10. The fourth-order valence-electron chi connectivity index (χ4n) is 3.40. The van der Waals surface area contributed by atoms with E-state index in [1.54, 1.807) is 27.4 Å². The van der Waals surface area contributed by atoms with E-state index >= 15 is 0 Å². The van der Waals surface area contributed by atoms with E-state index in [0.717, 1.165) is 36.9 Å². The molecule has 0 saturated heterocycles. The van der Waals surface area contributed by atoms with Crippen LogP contribution < -0.4 is 5.32 Å². The number of halogens is 1. The first-order valence-electron chi connectivity index (χ1n) is 8.09. The zero-order valence-corrected chi connectivity index (χ0v) is 16.9. The van der Waals surface area contributed by atoms with Crippen LogP contribution in [0.15, 0.2) is 40.2 Å². The van der Waals surface area contributed by atoms with Crippen molar-refractivity contribution in [3.05, 3.63) is 56.3 Å². The Hall–Kier alpha value is -2.03. The van der Waals surface area contributed by atoms with Gasteiger partial charge in [0.15, 0.2) is 0 Å². The summed E-state index contributed by atoms with van der Waals surface area (Å²) >= 11 is 6.74. The number of carbonyl (C=O) groups excluding carboxylic acids is 1. The molecule has 8 heteroatoms. The van der Waals surface area contributed by atoms with Crippen LogP contribution in [0, 0.1) is 6.92 Å². The Balaban J connectivity index is 1.69. The second kappa shape index (κ2) is 6.00. The summed E-state index contributed by atoms with van der Waals surface area (Å²) < 4.78 is 3.87. The van der Waals surface area contributed by atoms with Gasteiger partial charge in [0.05, 0.1) is 15.9 Å². The highest BCUT2D eigenvalue weighted by Crippen LogP contribution is 2.42. The van der Waals surface area contributed by atoms with Crippen LogP contribution in [-0.4, -0.2) is 20.7 Å². The smallest absolute Gasteiger partial charge is 0.226 e. The van der Waals surface area contributed by atoms with E-state index < -0.39 is 0 Å². The zero-order valence-electron chi connectivity index (χ0n) is 13.7. The number of thiophene rings is 1. The number of aromatic nitrogens is 3. The molecular weight excluding hydrogens is 432 g/mol. The van der Waals surface area contributed by atoms with Gasteiger partial charge < -0.3 is 5.32 Å². The first kappa shape index (κ1) is 16.2. The number of carbonyl (C=O) groups is 1. The van der Waals surface area contributed by atoms with Gasteiger partial charge in [0.1, 0.15) is 5.82 Å². The molecule has 0 radical (unpaired) electrons. The summed E-state index contributed by atoms with van der Waals surface area (Å²) in [7, 11) is 0. The lowest BCUT2D eigenvalue weighted by Crippen LogP contribution is -2.24. The second-order valence-corrected chi connectivity index (χ2v) is 9.09. The summed E-state index contributed by atoms with van der Waals surface area (Å²) in [5.41, 5.74) is 2.94. The molecule has 0 spiro atoms. The number of aryl methyl sites for hydroxylation is 1. The number of thiazole rings is 1. The Kier molecular flexibility index (Phi) is 3.73. The number of hydrogen-bond donors (Lipinski definition) is 1. The van der Waals surface area contributed by atoms with Crippen LogP contribution in [0.25, 0.3) is 15.3 Å². The highest BCUT2D eigenvalue weighted by Gasteiger charge is 2.33. The SMILES string of the molecule is Cc1nn(-c2nc3ccc(Br)cc3s2)c2c1[C@@H](c1cccs1)CC(=O)N2. The molecule has 3 aromatic heterocycles. The van der Waals surface area contributed by atoms with Crippen LogP contribution in [0.3, 0.4) is 0 Å². The molecule has 26 heavy (non-hydrogen) atoms. The number of fused-ring (bicyclic) bond motifs is 2. The van der Waals surface area contributed by atoms with E-state index in [1.807, 2.05) is 36.6 Å². The van der Waals surface area contributed by atoms with Crippen LogP contribution in [-0.2, 0) is 4.79 Å². The summed E-state index contributed by atoms with van der Waals surface area (Å²) in [5.74, 6) is 0.812. The zero-order chi connectivity index (χ0) is 17.8. The van der Waals surface area contributed by atoms with Gasteiger partial charge in [-0.3, -0.25) is 4.79 Å². The highest BCUT2D eigenvalue weighted by atomic mass is 79.9. The van der Waals surface area contributed by atoms with Crippen molar-refractivity contribution >= 4 is 60.5 Å². The number of benzene rings is 1. The van der Waals surface area contributed by atoms with E-state index in [4.69, 9.17) is 10.1 Å². The molecule has 5 rings (SSSR count). The normalized spacial score (nSPS) is 16.7. The van der Waals surface area contributed by atoms with Crippen LogP contribution >= 0.6 is 38.6 Å². The van der Waals surface area contributed by atoms with E-state index in [9.17, 15) is 4.79 Å². The summed E-state index contributed by atoms with van der Waals surface area (Å²) in [5, 5.41) is 10.5. The van der Waals surface area contributed by atoms with Crippen molar-refractivity contribution in [2.24, 2.45) is 0 Å². The molecule has 1 atom stereocenters. The lowest BCUT2D eigenvalue weighted by molar-refractivity contribution is -0.116. The Labute approximate surface area is 165 Å². The Bertz CT molecular complexity index is 1150. The molecule has 0 saturated carbocycles. The topological polar surface area (TPSA) is 59.8 Å². The third kappa shape index (κ3) is 2.52. The molecule has 1 aliphatic heterocycles. The number of rotatable bonds is 2. The first-order chi connectivity index (χ1) is 12.6. The van der Waals surface area contributed by atoms with Gasteiger partial charge in [0.2, 0.25) is 11.0 Å². The van der Waals surface area contributed by atoms with Gasteiger partial charge in [-0.25, -0.2) is 4.98 Å². The van der Waals surface area contributed by atoms with Crippen LogP contribution in [0.5, 0.6) is 0 Å². The van der Waals surface area contributed by atoms with Crippen molar-refractivity contribution in [3.8, 4) is 5.13 Å². The number of anilines is 1. The first-order valence-corrected chi connectivity index (χ1v) is 10.6. The monoisotopic (exact) mass is 444 g/mol. The van der Waals surface area contributed by atoms with E-state index in [2.05, 4.69) is 27.3 Å². The van der Waals surface area contributed by atoms with Crippen molar-refractivity contribution in [2.75, 3.05) is 5.32 Å². The van der Waals surface area contributed by atoms with Crippen molar-refractivity contribution < 1.29 is 4.79 Å². The molecule has 0 fully saturated rings. The molecule has 4 heterocycles. The number of nitrogens with zero attached hydrogens (tertiary/aromatic N) is 3. The van der Waals surface area contributed by atoms with Gasteiger partial charge in [-0.2, -0.15) is 9.78 Å². The molecule has 0 bridgehead atoms. The molecule has 1 aliphatic rings. The van der Waals surface area contributed by atoms with Gasteiger partial charge in [0.25, 0.3) is 0 Å². The molecule has 5 nitrogen and oxygen atoms in total. The minimum absolute atomic E-state index is 0.0147. The fraction of sp³-hybridized carbons (Fsp3) is 0.167. The lowest BCUT2D eigenvalue weighted by Gasteiger charge is -2.22. The Morgan fingerprint density at radius 2 is 2.23 bits per heavy atom. The van der Waals surface area contributed by atoms with Crippen molar-refractivity contribution in [1.82, 2.24) is 14.8 Å². The van der Waals surface area contributed by atoms with Crippen LogP contribution in [0.1, 0.15) is 28.5 Å². The molecule has 4 aromatic rings. The molecule has 0 aliphatic carbocycles. The van der Waals surface area contributed by atoms with Gasteiger partial charge in [-0.1, -0.05) is 33.3 Å². The average Bonchev–Trinajstić information content (AvgIpc) is 3.32. The maximum absolute atomic E-state index is 12.4. The standard InChI is InChI=1S/C18H13BrN4OS2/c1-9-16-11(13-3-2-6-25-13)8-15(24)21-17(16)23(22-9)18-20-12-5-4-10(19)7-14(12)26-18/h2-7,11H,8H2,1H3,(H,21,24)/t11-/m1/s1. The number of nitrogens with one attached hydrogen (secondary N) is 1. The van der Waals surface area contributed by atoms with Gasteiger partial charge in [-0.15, -0.1) is 11.3 Å². The lowest BCUT2D eigenvalue weighted by atomic mass is 9.91. The minimum Gasteiger partial charge on any atom is -0.310 e. The quantitative estimate of drug-likeness (QED) is 0.468. The van der Waals surface area contributed by atoms with E-state index in [1.165, 1.54) is 4.88 Å². The third-order valence-electron chi connectivity index (χ3n) is 4.51. The number of amides is 1. The molecule has 130 valence electrons. The number of hydrogen-bond acceptors (Lipinski definition) is 5. The summed E-state index contributed by atoms with van der Waals surface area (Å²) in [4.78, 5) is 18.3. The predicted octanol–water partition coefficient (Wildman–Crippen LogP) is 5.09. The molecule has 1 amide bonds. The molecule has 0 unspecified atom stereocenters. The van der Waals surface area contributed by atoms with Crippen molar-refractivity contribution in [1.29, 1.82) is 0 Å². The third-order valence-corrected chi connectivity index (χ3v) is 6.98. The van der Waals surface area contributed by atoms with Crippen LogP contribution in [0.4, 0.5) is 5.82 Å². The largest absolute Gasteiger partial charge is 0.310 e. The Morgan fingerprint density at radius 3 is 3.04 bits per heavy atom. The fourth-order valence-corrected chi connectivity index (χ4v) is 5.71. The van der Waals surface area contributed by atoms with Crippen LogP contribution in [0.2, 0.25) is 0 Å². The van der Waals surface area contributed by atoms with Crippen molar-refractivity contribution in [2.45, 2.75) is 19.3 Å². The van der Waals surface area contributed by atoms with Gasteiger partial charge in [-0.05, 0) is 36.6 Å². The van der Waals surface area contributed by atoms with Gasteiger partial charge in [0, 0.05) is 27.3 Å². The predicted molar refractivity (Wildman–Crippen MR) is 109 cm³/mol. The maximum Gasteiger partial charge on any atom is 0.226 e. The molecular formula is C18H13BrN4OS2. The summed E-state index contributed by atoms with van der Waals surface area (Å²) in [6.45, 7) is 2.00. The summed E-state index contributed by atoms with van der Waals surface area (Å²) in [6, 6.07) is 10.1. The Morgan fingerprint density at radius 1 is 1.35 bits per heavy atom. The van der Waals surface area contributed by atoms with E-state index in [-0.39, 0.29) is 11.8 Å². The average molecular weight is 445 g/mol. The molecule has 1 aromatic carbocycles. The second-order valence-electron chi connectivity index (χ2n) is 6.19. The molecule has 1 N–H and O–H groups in total. The van der Waals surface area contributed by atoms with Crippen molar-refractivity contribution in [3.63, 3.8) is 0 Å². The summed E-state index contributed by atoms with van der Waals surface area (Å²) in [6.07, 6.45) is 0.451.